The van der Waals surface area contributed by atoms with E-state index >= 15 is 0 Å². The van der Waals surface area contributed by atoms with Gasteiger partial charge in [-0.25, -0.2) is 9.97 Å². The van der Waals surface area contributed by atoms with Crippen molar-refractivity contribution in [1.29, 1.82) is 0 Å². The number of nitrogens with one attached hydrogen (secondary N) is 1. The van der Waals surface area contributed by atoms with Gasteiger partial charge in [0.2, 0.25) is 5.88 Å². The summed E-state index contributed by atoms with van der Waals surface area (Å²) in [6.45, 7) is 2.32. The molecule has 1 aromatic carbocycles. The van der Waals surface area contributed by atoms with Gasteiger partial charge in [-0.05, 0) is 70.8 Å². The third kappa shape index (κ3) is 3.77. The molecule has 0 radical (unpaired) electrons. The Bertz CT molecular complexity index is 688. The summed E-state index contributed by atoms with van der Waals surface area (Å²) < 4.78 is 6.26. The van der Waals surface area contributed by atoms with Crippen molar-refractivity contribution in [2.45, 2.75) is 56.7 Å². The summed E-state index contributed by atoms with van der Waals surface area (Å²) in [7, 11) is 2.32. The normalized spacial score (nSPS) is 25.4. The van der Waals surface area contributed by atoms with Crippen molar-refractivity contribution in [2.75, 3.05) is 20.1 Å². The van der Waals surface area contributed by atoms with Crippen LogP contribution in [0.3, 0.4) is 0 Å². The number of fused-ring (bicyclic) bond motifs is 1. The van der Waals surface area contributed by atoms with Gasteiger partial charge in [0.25, 0.3) is 0 Å². The second-order valence-corrected chi connectivity index (χ2v) is 7.39. The van der Waals surface area contributed by atoms with Crippen LogP contribution in [0.2, 0.25) is 0 Å². The second-order valence-electron chi connectivity index (χ2n) is 7.39. The molecular formula is C20H28N4O. The van der Waals surface area contributed by atoms with Crippen LogP contribution >= 0.6 is 0 Å². The number of nitrogens with zero attached hydrogens (tertiary/aromatic N) is 3. The van der Waals surface area contributed by atoms with Crippen molar-refractivity contribution in [1.82, 2.24) is 20.2 Å². The van der Waals surface area contributed by atoms with Crippen LogP contribution in [0.15, 0.2) is 30.6 Å². The fraction of sp³-hybridized carbons (Fsp3) is 0.600. The van der Waals surface area contributed by atoms with Crippen LogP contribution in [0.4, 0.5) is 0 Å². The number of benzene rings is 1. The highest BCUT2D eigenvalue weighted by Crippen LogP contribution is 2.30. The number of hydrogen-bond acceptors (Lipinski definition) is 5. The van der Waals surface area contributed by atoms with E-state index in [-0.39, 0.29) is 6.10 Å². The molecule has 2 aliphatic rings. The minimum absolute atomic E-state index is 0.274. The first-order valence-corrected chi connectivity index (χ1v) is 9.60. The molecule has 4 rings (SSSR count). The van der Waals surface area contributed by atoms with Crippen LogP contribution in [0, 0.1) is 0 Å². The monoisotopic (exact) mass is 340 g/mol. The van der Waals surface area contributed by atoms with Crippen LogP contribution in [-0.4, -0.2) is 53.2 Å². The van der Waals surface area contributed by atoms with E-state index in [2.05, 4.69) is 27.2 Å². The van der Waals surface area contributed by atoms with Gasteiger partial charge in [0, 0.05) is 12.1 Å². The number of ether oxygens (including phenoxy) is 1. The zero-order valence-corrected chi connectivity index (χ0v) is 15.0. The molecule has 5 heteroatoms. The van der Waals surface area contributed by atoms with Crippen molar-refractivity contribution < 1.29 is 4.74 Å². The quantitative estimate of drug-likeness (QED) is 0.927. The highest BCUT2D eigenvalue weighted by atomic mass is 16.5. The van der Waals surface area contributed by atoms with Crippen LogP contribution in [0.5, 0.6) is 5.88 Å². The number of rotatable bonds is 4. The maximum atomic E-state index is 6.26. The molecule has 2 fully saturated rings. The lowest BCUT2D eigenvalue weighted by Gasteiger charge is -2.40. The van der Waals surface area contributed by atoms with E-state index in [0.29, 0.717) is 6.04 Å². The molecule has 2 aromatic rings. The summed E-state index contributed by atoms with van der Waals surface area (Å²) in [4.78, 5) is 11.3. The van der Waals surface area contributed by atoms with Gasteiger partial charge in [0.1, 0.15) is 12.4 Å². The summed E-state index contributed by atoms with van der Waals surface area (Å²) >= 11 is 0. The average molecular weight is 340 g/mol. The number of para-hydroxylation sites is 1. The predicted molar refractivity (Wildman–Crippen MR) is 99.9 cm³/mol. The summed E-state index contributed by atoms with van der Waals surface area (Å²) in [5, 5.41) is 4.48. The first-order valence-electron chi connectivity index (χ1n) is 9.60. The highest BCUT2D eigenvalue weighted by Gasteiger charge is 2.29. The van der Waals surface area contributed by atoms with E-state index in [1.165, 1.54) is 25.7 Å². The fourth-order valence-electron chi connectivity index (χ4n) is 4.31. The number of hydrogen-bond donors (Lipinski definition) is 1. The molecule has 0 atom stereocenters. The van der Waals surface area contributed by atoms with Crippen LogP contribution < -0.4 is 10.1 Å². The van der Waals surface area contributed by atoms with Crippen LogP contribution in [0.1, 0.15) is 38.5 Å². The molecule has 0 amide bonds. The third-order valence-corrected chi connectivity index (χ3v) is 5.89. The summed E-state index contributed by atoms with van der Waals surface area (Å²) in [6.07, 6.45) is 9.09. The molecule has 134 valence electrons. The van der Waals surface area contributed by atoms with Crippen molar-refractivity contribution in [2.24, 2.45) is 0 Å². The van der Waals surface area contributed by atoms with E-state index in [1.54, 1.807) is 6.33 Å². The summed E-state index contributed by atoms with van der Waals surface area (Å²) in [5.41, 5.74) is 0.951. The maximum absolute atomic E-state index is 6.26. The second kappa shape index (κ2) is 7.67. The van der Waals surface area contributed by atoms with Crippen LogP contribution in [0.25, 0.3) is 10.9 Å². The molecule has 0 bridgehead atoms. The van der Waals surface area contributed by atoms with Gasteiger partial charge in [0.15, 0.2) is 0 Å². The lowest BCUT2D eigenvalue weighted by molar-refractivity contribution is 0.0688. The standard InChI is InChI=1S/C20H28N4O/c1-24(16-10-12-21-13-11-16)15-6-8-17(9-7-15)25-20-18-4-2-3-5-19(18)22-14-23-20/h2-5,14-17,21H,6-13H2,1H3. The number of aromatic nitrogens is 2. The van der Waals surface area contributed by atoms with E-state index < -0.39 is 0 Å². The first-order chi connectivity index (χ1) is 12.3. The molecule has 1 aliphatic heterocycles. The molecule has 1 N–H and O–H groups in total. The van der Waals surface area contributed by atoms with Crippen molar-refractivity contribution in [3.8, 4) is 5.88 Å². The van der Waals surface area contributed by atoms with Crippen molar-refractivity contribution >= 4 is 10.9 Å². The SMILES string of the molecule is CN(C1CCNCC1)C1CCC(Oc2ncnc3ccccc23)CC1. The fourth-order valence-corrected chi connectivity index (χ4v) is 4.31. The van der Waals surface area contributed by atoms with E-state index in [9.17, 15) is 0 Å². The van der Waals surface area contributed by atoms with Gasteiger partial charge in [-0.1, -0.05) is 12.1 Å². The smallest absolute Gasteiger partial charge is 0.224 e. The Morgan fingerprint density at radius 1 is 0.960 bits per heavy atom. The Morgan fingerprint density at radius 2 is 1.68 bits per heavy atom. The average Bonchev–Trinajstić information content (AvgIpc) is 2.69. The first kappa shape index (κ1) is 16.7. The van der Waals surface area contributed by atoms with Gasteiger partial charge in [-0.15, -0.1) is 0 Å². The molecule has 1 aromatic heterocycles. The van der Waals surface area contributed by atoms with Gasteiger partial charge in [-0.3, -0.25) is 0 Å². The van der Waals surface area contributed by atoms with E-state index in [1.807, 2.05) is 24.3 Å². The van der Waals surface area contributed by atoms with Crippen molar-refractivity contribution in [3.63, 3.8) is 0 Å². The van der Waals surface area contributed by atoms with Gasteiger partial charge >= 0.3 is 0 Å². The molecule has 0 spiro atoms. The topological polar surface area (TPSA) is 50.3 Å². The zero-order chi connectivity index (χ0) is 17.1. The maximum Gasteiger partial charge on any atom is 0.224 e. The lowest BCUT2D eigenvalue weighted by atomic mass is 9.90. The molecular weight excluding hydrogens is 312 g/mol. The summed E-state index contributed by atoms with van der Waals surface area (Å²) in [6, 6.07) is 9.51. The minimum atomic E-state index is 0.274. The highest BCUT2D eigenvalue weighted by molar-refractivity contribution is 5.82. The van der Waals surface area contributed by atoms with E-state index in [0.717, 1.165) is 48.8 Å². The molecule has 0 unspecified atom stereocenters. The van der Waals surface area contributed by atoms with Gasteiger partial charge in [-0.2, -0.15) is 0 Å². The summed E-state index contributed by atoms with van der Waals surface area (Å²) in [5.74, 6) is 0.737. The largest absolute Gasteiger partial charge is 0.474 e. The molecule has 25 heavy (non-hydrogen) atoms. The Balaban J connectivity index is 1.35. The molecule has 1 aliphatic carbocycles. The predicted octanol–water partition coefficient (Wildman–Crippen LogP) is 3.00. The minimum Gasteiger partial charge on any atom is -0.474 e. The molecule has 1 saturated carbocycles. The Labute approximate surface area is 149 Å². The Hall–Kier alpha value is -1.72. The lowest BCUT2D eigenvalue weighted by Crippen LogP contribution is -2.47. The molecule has 5 nitrogen and oxygen atoms in total. The molecule has 2 heterocycles. The van der Waals surface area contributed by atoms with Gasteiger partial charge in [0.05, 0.1) is 10.9 Å². The van der Waals surface area contributed by atoms with Crippen molar-refractivity contribution in [3.05, 3.63) is 30.6 Å². The zero-order valence-electron chi connectivity index (χ0n) is 15.0. The van der Waals surface area contributed by atoms with Gasteiger partial charge < -0.3 is 15.0 Å². The Kier molecular flexibility index (Phi) is 5.13. The number of piperidine rings is 1. The van der Waals surface area contributed by atoms with E-state index in [4.69, 9.17) is 4.74 Å². The Morgan fingerprint density at radius 3 is 2.48 bits per heavy atom. The van der Waals surface area contributed by atoms with Crippen LogP contribution in [-0.2, 0) is 0 Å². The third-order valence-electron chi connectivity index (χ3n) is 5.89. The molecule has 1 saturated heterocycles.